The molecule has 0 heterocycles. The first-order valence-corrected chi connectivity index (χ1v) is 10.5. The summed E-state index contributed by atoms with van der Waals surface area (Å²) in [5, 5.41) is 0. The van der Waals surface area contributed by atoms with Crippen molar-refractivity contribution in [1.29, 1.82) is 0 Å². The first-order chi connectivity index (χ1) is 13.3. The summed E-state index contributed by atoms with van der Waals surface area (Å²) in [7, 11) is 0. The van der Waals surface area contributed by atoms with Crippen LogP contribution in [-0.4, -0.2) is 5.97 Å². The SMILES string of the molecule is CCCC/C=C/C=C/C=C\CCCCCCCC(=O)OCc1ccccc1. The molecule has 0 aromatic heterocycles. The van der Waals surface area contributed by atoms with Gasteiger partial charge in [0, 0.05) is 6.42 Å². The molecule has 1 rings (SSSR count). The van der Waals surface area contributed by atoms with E-state index in [1.807, 2.05) is 30.3 Å². The van der Waals surface area contributed by atoms with Crippen molar-refractivity contribution in [1.82, 2.24) is 0 Å². The van der Waals surface area contributed by atoms with E-state index >= 15 is 0 Å². The number of benzene rings is 1. The Morgan fingerprint density at radius 2 is 1.44 bits per heavy atom. The Kier molecular flexibility index (Phi) is 14.7. The zero-order valence-corrected chi connectivity index (χ0v) is 16.9. The molecule has 0 atom stereocenters. The molecule has 0 spiro atoms. The smallest absolute Gasteiger partial charge is 0.306 e. The van der Waals surface area contributed by atoms with Crippen molar-refractivity contribution in [2.24, 2.45) is 0 Å². The Bertz CT molecular complexity index is 555. The maximum Gasteiger partial charge on any atom is 0.306 e. The topological polar surface area (TPSA) is 26.3 Å². The lowest BCUT2D eigenvalue weighted by atomic mass is 10.1. The van der Waals surface area contributed by atoms with Gasteiger partial charge in [-0.2, -0.15) is 0 Å². The van der Waals surface area contributed by atoms with Gasteiger partial charge in [-0.25, -0.2) is 0 Å². The van der Waals surface area contributed by atoms with Crippen LogP contribution < -0.4 is 0 Å². The molecule has 0 unspecified atom stereocenters. The highest BCUT2D eigenvalue weighted by Crippen LogP contribution is 2.09. The minimum atomic E-state index is -0.0858. The molecule has 0 bridgehead atoms. The summed E-state index contributed by atoms with van der Waals surface area (Å²) in [6.07, 6.45) is 24.0. The van der Waals surface area contributed by atoms with Crippen molar-refractivity contribution in [2.45, 2.75) is 77.7 Å². The van der Waals surface area contributed by atoms with E-state index in [9.17, 15) is 4.79 Å². The molecule has 2 nitrogen and oxygen atoms in total. The summed E-state index contributed by atoms with van der Waals surface area (Å²) in [6, 6.07) is 9.83. The highest BCUT2D eigenvalue weighted by Gasteiger charge is 2.02. The van der Waals surface area contributed by atoms with Gasteiger partial charge in [-0.1, -0.05) is 106 Å². The molecule has 0 fully saturated rings. The van der Waals surface area contributed by atoms with Gasteiger partial charge in [-0.05, 0) is 31.2 Å². The van der Waals surface area contributed by atoms with Gasteiger partial charge in [-0.15, -0.1) is 0 Å². The number of unbranched alkanes of at least 4 members (excludes halogenated alkanes) is 7. The van der Waals surface area contributed by atoms with Crippen LogP contribution in [0.3, 0.4) is 0 Å². The third-order valence-corrected chi connectivity index (χ3v) is 4.32. The van der Waals surface area contributed by atoms with Crippen molar-refractivity contribution in [3.05, 3.63) is 72.4 Å². The fraction of sp³-hybridized carbons (Fsp3) is 0.480. The molecule has 0 aliphatic carbocycles. The van der Waals surface area contributed by atoms with Gasteiger partial charge in [-0.3, -0.25) is 4.79 Å². The number of ether oxygens (including phenoxy) is 1. The molecular weight excluding hydrogens is 332 g/mol. The van der Waals surface area contributed by atoms with Crippen LogP contribution in [0, 0.1) is 0 Å². The van der Waals surface area contributed by atoms with Crippen LogP contribution in [0.2, 0.25) is 0 Å². The summed E-state index contributed by atoms with van der Waals surface area (Å²) in [6.45, 7) is 2.60. The van der Waals surface area contributed by atoms with Crippen molar-refractivity contribution in [3.63, 3.8) is 0 Å². The molecule has 0 aliphatic heterocycles. The Hall–Kier alpha value is -2.09. The van der Waals surface area contributed by atoms with Gasteiger partial charge in [0.2, 0.25) is 0 Å². The van der Waals surface area contributed by atoms with Crippen LogP contribution in [0.1, 0.15) is 76.7 Å². The molecule has 1 aromatic rings. The lowest BCUT2D eigenvalue weighted by Gasteiger charge is -2.05. The quantitative estimate of drug-likeness (QED) is 0.184. The fourth-order valence-corrected chi connectivity index (χ4v) is 2.67. The second kappa shape index (κ2) is 17.3. The van der Waals surface area contributed by atoms with Crippen molar-refractivity contribution in [2.75, 3.05) is 0 Å². The maximum atomic E-state index is 11.7. The summed E-state index contributed by atoms with van der Waals surface area (Å²) < 4.78 is 5.29. The number of allylic oxidation sites excluding steroid dienone is 6. The fourth-order valence-electron chi connectivity index (χ4n) is 2.67. The number of hydrogen-bond acceptors (Lipinski definition) is 2. The number of esters is 1. The van der Waals surface area contributed by atoms with Crippen LogP contribution in [0.4, 0.5) is 0 Å². The normalized spacial score (nSPS) is 11.7. The van der Waals surface area contributed by atoms with Crippen molar-refractivity contribution < 1.29 is 9.53 Å². The first-order valence-electron chi connectivity index (χ1n) is 10.5. The molecule has 0 aliphatic rings. The summed E-state index contributed by atoms with van der Waals surface area (Å²) >= 11 is 0. The molecule has 1 aromatic carbocycles. The minimum absolute atomic E-state index is 0.0858. The second-order valence-corrected chi connectivity index (χ2v) is 6.84. The van der Waals surface area contributed by atoms with Crippen LogP contribution in [0.25, 0.3) is 0 Å². The molecular formula is C25H36O2. The molecule has 0 amide bonds. The summed E-state index contributed by atoms with van der Waals surface area (Å²) in [5.74, 6) is -0.0858. The van der Waals surface area contributed by atoms with E-state index in [0.717, 1.165) is 24.8 Å². The Balaban J connectivity index is 1.89. The van der Waals surface area contributed by atoms with Gasteiger partial charge in [0.05, 0.1) is 0 Å². The Morgan fingerprint density at radius 3 is 2.15 bits per heavy atom. The summed E-state index contributed by atoms with van der Waals surface area (Å²) in [4.78, 5) is 11.7. The average molecular weight is 369 g/mol. The van der Waals surface area contributed by atoms with E-state index in [4.69, 9.17) is 4.74 Å². The number of carbonyl (C=O) groups is 1. The van der Waals surface area contributed by atoms with E-state index in [1.54, 1.807) is 0 Å². The maximum absolute atomic E-state index is 11.7. The number of carbonyl (C=O) groups excluding carboxylic acids is 1. The largest absolute Gasteiger partial charge is 0.461 e. The third-order valence-electron chi connectivity index (χ3n) is 4.32. The lowest BCUT2D eigenvalue weighted by Crippen LogP contribution is -2.04. The zero-order chi connectivity index (χ0) is 19.4. The van der Waals surface area contributed by atoms with E-state index in [2.05, 4.69) is 43.4 Å². The Morgan fingerprint density at radius 1 is 0.815 bits per heavy atom. The molecule has 0 saturated carbocycles. The van der Waals surface area contributed by atoms with E-state index in [-0.39, 0.29) is 5.97 Å². The highest BCUT2D eigenvalue weighted by atomic mass is 16.5. The molecule has 148 valence electrons. The molecule has 0 N–H and O–H groups in total. The monoisotopic (exact) mass is 368 g/mol. The van der Waals surface area contributed by atoms with Crippen molar-refractivity contribution >= 4 is 5.97 Å². The molecule has 27 heavy (non-hydrogen) atoms. The van der Waals surface area contributed by atoms with E-state index in [0.29, 0.717) is 13.0 Å². The lowest BCUT2D eigenvalue weighted by molar-refractivity contribution is -0.145. The first kappa shape index (κ1) is 23.0. The number of rotatable bonds is 15. The van der Waals surface area contributed by atoms with Gasteiger partial charge in [0.1, 0.15) is 6.61 Å². The molecule has 2 heteroatoms. The highest BCUT2D eigenvalue weighted by molar-refractivity contribution is 5.69. The second-order valence-electron chi connectivity index (χ2n) is 6.84. The zero-order valence-electron chi connectivity index (χ0n) is 16.9. The average Bonchev–Trinajstić information content (AvgIpc) is 2.70. The predicted molar refractivity (Wildman–Crippen MR) is 116 cm³/mol. The number of hydrogen-bond donors (Lipinski definition) is 0. The van der Waals surface area contributed by atoms with E-state index < -0.39 is 0 Å². The van der Waals surface area contributed by atoms with Crippen LogP contribution >= 0.6 is 0 Å². The molecule has 0 saturated heterocycles. The predicted octanol–water partition coefficient (Wildman–Crippen LogP) is 7.32. The van der Waals surface area contributed by atoms with Gasteiger partial charge < -0.3 is 4.74 Å². The van der Waals surface area contributed by atoms with Crippen LogP contribution in [0.15, 0.2) is 66.8 Å². The third kappa shape index (κ3) is 14.7. The van der Waals surface area contributed by atoms with Crippen molar-refractivity contribution in [3.8, 4) is 0 Å². The summed E-state index contributed by atoms with van der Waals surface area (Å²) in [5.41, 5.74) is 1.04. The van der Waals surface area contributed by atoms with Crippen LogP contribution in [-0.2, 0) is 16.1 Å². The van der Waals surface area contributed by atoms with Gasteiger partial charge in [0.15, 0.2) is 0 Å². The van der Waals surface area contributed by atoms with Gasteiger partial charge in [0.25, 0.3) is 0 Å². The minimum Gasteiger partial charge on any atom is -0.461 e. The standard InChI is InChI=1S/C25H36O2/c1-2-3-4-5-6-7-8-9-10-11-12-13-14-15-19-22-25(26)27-23-24-20-17-16-18-21-24/h5-10,16-18,20-21H,2-4,11-15,19,22-23H2,1H3/b6-5+,8-7+,10-9-. The molecule has 0 radical (unpaired) electrons. The van der Waals surface area contributed by atoms with Gasteiger partial charge >= 0.3 is 5.97 Å². The van der Waals surface area contributed by atoms with E-state index in [1.165, 1.54) is 38.5 Å². The van der Waals surface area contributed by atoms with Crippen LogP contribution in [0.5, 0.6) is 0 Å². The Labute approximate surface area is 166 Å².